The number of amides is 1. The van der Waals surface area contributed by atoms with Crippen LogP contribution in [0.5, 0.6) is 0 Å². The van der Waals surface area contributed by atoms with Crippen molar-refractivity contribution in [3.05, 3.63) is 72.3 Å². The van der Waals surface area contributed by atoms with Crippen LogP contribution in [0.4, 0.5) is 10.1 Å². The maximum absolute atomic E-state index is 13.7. The second-order valence-corrected chi connectivity index (χ2v) is 5.80. The first kappa shape index (κ1) is 15.9. The lowest BCUT2D eigenvalue weighted by Crippen LogP contribution is -2.19. The molecule has 130 valence electrons. The zero-order valence-electron chi connectivity index (χ0n) is 13.7. The van der Waals surface area contributed by atoms with E-state index >= 15 is 0 Å². The van der Waals surface area contributed by atoms with E-state index in [9.17, 15) is 9.18 Å². The summed E-state index contributed by atoms with van der Waals surface area (Å²) in [6.45, 7) is 0.329. The van der Waals surface area contributed by atoms with Gasteiger partial charge in [-0.15, -0.1) is 5.10 Å². The highest BCUT2D eigenvalue weighted by Crippen LogP contribution is 2.12. The lowest BCUT2D eigenvalue weighted by atomic mass is 10.2. The Morgan fingerprint density at radius 3 is 2.81 bits per heavy atom. The first-order chi connectivity index (χ1) is 12.7. The minimum atomic E-state index is -0.286. The van der Waals surface area contributed by atoms with Crippen molar-refractivity contribution in [1.82, 2.24) is 24.8 Å². The van der Waals surface area contributed by atoms with E-state index in [0.29, 0.717) is 11.3 Å². The van der Waals surface area contributed by atoms with E-state index in [1.165, 1.54) is 16.9 Å². The van der Waals surface area contributed by atoms with Crippen LogP contribution in [0.3, 0.4) is 0 Å². The number of carbonyl (C=O) groups excluding carboxylic acids is 1. The second kappa shape index (κ2) is 6.75. The summed E-state index contributed by atoms with van der Waals surface area (Å²) in [5.41, 5.74) is 2.59. The lowest BCUT2D eigenvalue weighted by Gasteiger charge is -2.04. The third-order valence-electron chi connectivity index (χ3n) is 3.92. The van der Waals surface area contributed by atoms with Gasteiger partial charge in [-0.05, 0) is 18.2 Å². The average molecular weight is 350 g/mol. The molecule has 2 aromatic carbocycles. The molecule has 0 atom stereocenters. The molecule has 4 aromatic rings. The topological polar surface area (TPSA) is 77.6 Å². The summed E-state index contributed by atoms with van der Waals surface area (Å²) in [5.74, 6) is -0.530. The maximum atomic E-state index is 13.7. The van der Waals surface area contributed by atoms with Crippen molar-refractivity contribution >= 4 is 22.6 Å². The number of nitrogens with one attached hydrogen (secondary N) is 1. The van der Waals surface area contributed by atoms with Crippen LogP contribution in [-0.2, 0) is 17.9 Å². The largest absolute Gasteiger partial charge is 0.322 e. The van der Waals surface area contributed by atoms with Gasteiger partial charge in [-0.25, -0.2) is 9.07 Å². The van der Waals surface area contributed by atoms with Crippen LogP contribution >= 0.6 is 0 Å². The average Bonchev–Trinajstić information content (AvgIpc) is 3.24. The highest BCUT2D eigenvalue weighted by Gasteiger charge is 2.10. The quantitative estimate of drug-likeness (QED) is 0.600. The van der Waals surface area contributed by atoms with Crippen LogP contribution in [0.15, 0.2) is 60.9 Å². The van der Waals surface area contributed by atoms with Crippen LogP contribution in [0.1, 0.15) is 5.56 Å². The minimum Gasteiger partial charge on any atom is -0.322 e. The van der Waals surface area contributed by atoms with Gasteiger partial charge in [0, 0.05) is 11.8 Å². The number of anilines is 1. The van der Waals surface area contributed by atoms with E-state index in [1.54, 1.807) is 29.1 Å². The summed E-state index contributed by atoms with van der Waals surface area (Å²) in [6, 6.07) is 13.9. The Kier molecular flexibility index (Phi) is 4.14. The van der Waals surface area contributed by atoms with Crippen LogP contribution in [0, 0.1) is 5.82 Å². The van der Waals surface area contributed by atoms with Gasteiger partial charge >= 0.3 is 0 Å². The number of carbonyl (C=O) groups is 1. The molecular formula is C18H15FN6O. The minimum absolute atomic E-state index is 0.0407. The molecule has 1 amide bonds. The molecule has 0 aliphatic carbocycles. The molecule has 7 nitrogen and oxygen atoms in total. The molecule has 4 rings (SSSR count). The predicted octanol–water partition coefficient (Wildman–Crippen LogP) is 2.45. The van der Waals surface area contributed by atoms with Crippen LogP contribution in [0.25, 0.3) is 11.0 Å². The Morgan fingerprint density at radius 1 is 1.12 bits per heavy atom. The Labute approximate surface area is 148 Å². The van der Waals surface area contributed by atoms with E-state index in [2.05, 4.69) is 20.7 Å². The van der Waals surface area contributed by atoms with Gasteiger partial charge in [0.25, 0.3) is 0 Å². The first-order valence-electron chi connectivity index (χ1n) is 8.03. The predicted molar refractivity (Wildman–Crippen MR) is 93.9 cm³/mol. The molecule has 0 spiro atoms. The molecule has 0 fully saturated rings. The molecule has 2 heterocycles. The van der Waals surface area contributed by atoms with Crippen molar-refractivity contribution in [2.24, 2.45) is 0 Å². The molecular weight excluding hydrogens is 335 g/mol. The SMILES string of the molecule is O=C(Cn1nnc2ccccc21)Nc1cnn(Cc2ccccc2F)c1. The van der Waals surface area contributed by atoms with Crippen molar-refractivity contribution in [2.45, 2.75) is 13.1 Å². The fourth-order valence-corrected chi connectivity index (χ4v) is 2.69. The van der Waals surface area contributed by atoms with Gasteiger partial charge < -0.3 is 5.32 Å². The van der Waals surface area contributed by atoms with E-state index in [1.807, 2.05) is 24.3 Å². The van der Waals surface area contributed by atoms with Crippen molar-refractivity contribution in [3.8, 4) is 0 Å². The summed E-state index contributed by atoms with van der Waals surface area (Å²) in [6.07, 6.45) is 3.18. The van der Waals surface area contributed by atoms with Gasteiger partial charge in [-0.1, -0.05) is 35.5 Å². The fraction of sp³-hybridized carbons (Fsp3) is 0.111. The normalized spacial score (nSPS) is 11.0. The summed E-state index contributed by atoms with van der Waals surface area (Å²) in [4.78, 5) is 12.2. The third kappa shape index (κ3) is 3.30. The van der Waals surface area contributed by atoms with Gasteiger partial charge in [0.05, 0.1) is 23.9 Å². The van der Waals surface area contributed by atoms with E-state index < -0.39 is 0 Å². The summed E-state index contributed by atoms with van der Waals surface area (Å²) in [7, 11) is 0. The Morgan fingerprint density at radius 2 is 1.92 bits per heavy atom. The first-order valence-corrected chi connectivity index (χ1v) is 8.03. The molecule has 0 aliphatic rings. The fourth-order valence-electron chi connectivity index (χ4n) is 2.69. The highest BCUT2D eigenvalue weighted by molar-refractivity contribution is 5.91. The van der Waals surface area contributed by atoms with Crippen molar-refractivity contribution in [3.63, 3.8) is 0 Å². The number of benzene rings is 2. The number of aromatic nitrogens is 5. The molecule has 2 aromatic heterocycles. The summed E-state index contributed by atoms with van der Waals surface area (Å²) in [5, 5.41) is 14.9. The zero-order chi connectivity index (χ0) is 17.9. The van der Waals surface area contributed by atoms with Crippen molar-refractivity contribution < 1.29 is 9.18 Å². The summed E-state index contributed by atoms with van der Waals surface area (Å²) >= 11 is 0. The monoisotopic (exact) mass is 350 g/mol. The molecule has 0 bridgehead atoms. The number of rotatable bonds is 5. The van der Waals surface area contributed by atoms with E-state index in [-0.39, 0.29) is 24.8 Å². The Hall–Kier alpha value is -3.55. The van der Waals surface area contributed by atoms with Gasteiger partial charge in [0.1, 0.15) is 17.9 Å². The Bertz CT molecular complexity index is 1070. The lowest BCUT2D eigenvalue weighted by molar-refractivity contribution is -0.116. The highest BCUT2D eigenvalue weighted by atomic mass is 19.1. The number of hydrogen-bond donors (Lipinski definition) is 1. The van der Waals surface area contributed by atoms with Crippen molar-refractivity contribution in [1.29, 1.82) is 0 Å². The van der Waals surface area contributed by atoms with Gasteiger partial charge in [0.15, 0.2) is 0 Å². The smallest absolute Gasteiger partial charge is 0.246 e. The Balaban J connectivity index is 1.42. The van der Waals surface area contributed by atoms with Crippen molar-refractivity contribution in [2.75, 3.05) is 5.32 Å². The van der Waals surface area contributed by atoms with E-state index in [4.69, 9.17) is 0 Å². The van der Waals surface area contributed by atoms with E-state index in [0.717, 1.165) is 11.0 Å². The van der Waals surface area contributed by atoms with Crippen LogP contribution in [0.2, 0.25) is 0 Å². The second-order valence-electron chi connectivity index (χ2n) is 5.80. The zero-order valence-corrected chi connectivity index (χ0v) is 13.7. The number of hydrogen-bond acceptors (Lipinski definition) is 4. The summed E-state index contributed by atoms with van der Waals surface area (Å²) < 4.78 is 16.8. The van der Waals surface area contributed by atoms with Crippen LogP contribution < -0.4 is 5.32 Å². The van der Waals surface area contributed by atoms with Gasteiger partial charge in [0.2, 0.25) is 5.91 Å². The standard InChI is InChI=1S/C18H15FN6O/c19-15-6-2-1-5-13(15)10-24-11-14(9-20-24)21-18(26)12-25-17-8-4-3-7-16(17)22-23-25/h1-9,11H,10,12H2,(H,21,26). The molecule has 0 radical (unpaired) electrons. The van der Waals surface area contributed by atoms with Gasteiger partial charge in [-0.2, -0.15) is 5.10 Å². The molecule has 0 aliphatic heterocycles. The molecule has 0 unspecified atom stereocenters. The maximum Gasteiger partial charge on any atom is 0.246 e. The molecule has 0 saturated carbocycles. The van der Waals surface area contributed by atoms with Gasteiger partial charge in [-0.3, -0.25) is 9.48 Å². The third-order valence-corrected chi connectivity index (χ3v) is 3.92. The number of fused-ring (bicyclic) bond motifs is 1. The molecule has 0 saturated heterocycles. The number of nitrogens with zero attached hydrogens (tertiary/aromatic N) is 5. The molecule has 1 N–H and O–H groups in total. The number of para-hydroxylation sites is 1. The van der Waals surface area contributed by atoms with Crippen LogP contribution in [-0.4, -0.2) is 30.7 Å². The molecule has 26 heavy (non-hydrogen) atoms. The molecule has 8 heteroatoms. The number of halogens is 1.